The van der Waals surface area contributed by atoms with Gasteiger partial charge in [0, 0.05) is 0 Å². The molecule has 0 radical (unpaired) electrons. The van der Waals surface area contributed by atoms with Crippen molar-refractivity contribution in [2.45, 2.75) is 18.4 Å². The molecule has 1 heterocycles. The molecule has 94 valence electrons. The number of hydrogen-bond acceptors (Lipinski definition) is 4. The molecule has 1 aromatic rings. The van der Waals surface area contributed by atoms with E-state index in [1.807, 2.05) is 0 Å². The van der Waals surface area contributed by atoms with Gasteiger partial charge in [-0.3, -0.25) is 0 Å². The Morgan fingerprint density at radius 3 is 2.18 bits per heavy atom. The van der Waals surface area contributed by atoms with Gasteiger partial charge in [0.15, 0.2) is 5.60 Å². The number of carbonyl (C=O) groups excluding carboxylic acids is 1. The molecule has 1 rings (SSSR count). The molecule has 17 heavy (non-hydrogen) atoms. The third-order valence-corrected chi connectivity index (χ3v) is 2.58. The van der Waals surface area contributed by atoms with Gasteiger partial charge in [-0.05, 0) is 24.6 Å². The number of rotatable bonds is 3. The molecule has 0 amide bonds. The lowest BCUT2D eigenvalue weighted by Gasteiger charge is -2.33. The number of aliphatic carboxylic acids is 1. The number of alkyl halides is 2. The molecule has 8 heteroatoms. The third-order valence-electron chi connectivity index (χ3n) is 2.19. The van der Waals surface area contributed by atoms with Crippen LogP contribution in [0.3, 0.4) is 0 Å². The van der Waals surface area contributed by atoms with E-state index in [4.69, 9.17) is 23.2 Å². The van der Waals surface area contributed by atoms with Crippen LogP contribution in [-0.2, 0) is 10.4 Å². The van der Waals surface area contributed by atoms with E-state index in [1.165, 1.54) is 0 Å². The maximum absolute atomic E-state index is 13.3. The van der Waals surface area contributed by atoms with Gasteiger partial charge in [0.25, 0.3) is 0 Å². The van der Waals surface area contributed by atoms with Gasteiger partial charge in [-0.25, -0.2) is 4.98 Å². The van der Waals surface area contributed by atoms with Gasteiger partial charge in [0.2, 0.25) is 0 Å². The summed E-state index contributed by atoms with van der Waals surface area (Å²) in [6.45, 7) is 0.616. The van der Waals surface area contributed by atoms with E-state index >= 15 is 0 Å². The summed E-state index contributed by atoms with van der Waals surface area (Å²) >= 11 is 10.9. The van der Waals surface area contributed by atoms with Crippen molar-refractivity contribution in [3.05, 3.63) is 28.0 Å². The number of pyridine rings is 1. The SMILES string of the molecule is CC(O)(c1cc(Cl)nc(Cl)c1)C(F)(F)C(=O)[O-]. The van der Waals surface area contributed by atoms with E-state index < -0.39 is 23.1 Å². The van der Waals surface area contributed by atoms with E-state index in [0.717, 1.165) is 12.1 Å². The minimum absolute atomic E-state index is 0.248. The molecule has 0 aliphatic heterocycles. The second-order valence-electron chi connectivity index (χ2n) is 3.44. The van der Waals surface area contributed by atoms with Crippen molar-refractivity contribution in [2.24, 2.45) is 0 Å². The van der Waals surface area contributed by atoms with Crippen LogP contribution in [0.5, 0.6) is 0 Å². The standard InChI is InChI=1S/C9H7Cl2F2NO3/c1-8(17,9(12,13)7(15)16)4-2-5(10)14-6(11)3-4/h2-3,17H,1H3,(H,15,16)/p-1. The number of aliphatic hydroxyl groups is 1. The van der Waals surface area contributed by atoms with Crippen LogP contribution in [-0.4, -0.2) is 22.0 Å². The molecule has 0 aliphatic rings. The van der Waals surface area contributed by atoms with Gasteiger partial charge in [-0.15, -0.1) is 0 Å². The van der Waals surface area contributed by atoms with Gasteiger partial charge in [0.1, 0.15) is 16.3 Å². The Bertz CT molecular complexity index is 445. The second-order valence-corrected chi connectivity index (χ2v) is 4.21. The van der Waals surface area contributed by atoms with Crippen molar-refractivity contribution in [3.8, 4) is 0 Å². The van der Waals surface area contributed by atoms with Crippen LogP contribution in [0.4, 0.5) is 8.78 Å². The first-order valence-corrected chi connectivity index (χ1v) is 5.00. The molecule has 0 saturated carbocycles. The average molecular weight is 285 g/mol. The molecule has 0 bridgehead atoms. The minimum atomic E-state index is -4.50. The van der Waals surface area contributed by atoms with Crippen molar-refractivity contribution in [1.82, 2.24) is 4.98 Å². The Kier molecular flexibility index (Phi) is 3.61. The van der Waals surface area contributed by atoms with Crippen molar-refractivity contribution < 1.29 is 23.8 Å². The van der Waals surface area contributed by atoms with Crippen LogP contribution in [0.2, 0.25) is 10.3 Å². The number of carboxylic acid groups (broad SMARTS) is 1. The highest BCUT2D eigenvalue weighted by atomic mass is 35.5. The highest BCUT2D eigenvalue weighted by Gasteiger charge is 2.52. The van der Waals surface area contributed by atoms with Gasteiger partial charge in [-0.2, -0.15) is 8.78 Å². The molecule has 1 N–H and O–H groups in total. The molecule has 1 aromatic heterocycles. The maximum atomic E-state index is 13.3. The van der Waals surface area contributed by atoms with Crippen molar-refractivity contribution in [1.29, 1.82) is 0 Å². The third kappa shape index (κ3) is 2.48. The Balaban J connectivity index is 3.35. The number of carboxylic acids is 1. The van der Waals surface area contributed by atoms with Crippen LogP contribution >= 0.6 is 23.2 Å². The number of carbonyl (C=O) groups is 1. The zero-order valence-electron chi connectivity index (χ0n) is 8.38. The summed E-state index contributed by atoms with van der Waals surface area (Å²) in [5.74, 6) is -7.20. The number of halogens is 4. The Hall–Kier alpha value is -0.980. The summed E-state index contributed by atoms with van der Waals surface area (Å²) in [7, 11) is 0. The fraction of sp³-hybridized carbons (Fsp3) is 0.333. The highest BCUT2D eigenvalue weighted by molar-refractivity contribution is 6.32. The van der Waals surface area contributed by atoms with Gasteiger partial charge < -0.3 is 15.0 Å². The molecule has 0 fully saturated rings. The predicted octanol–water partition coefficient (Wildman–Crippen LogP) is 0.981. The van der Waals surface area contributed by atoms with Crippen LogP contribution in [0.25, 0.3) is 0 Å². The first-order chi connectivity index (χ1) is 7.59. The summed E-state index contributed by atoms with van der Waals surface area (Å²) in [4.78, 5) is 13.8. The lowest BCUT2D eigenvalue weighted by molar-refractivity contribution is -0.344. The Labute approximate surface area is 105 Å². The Morgan fingerprint density at radius 2 is 1.82 bits per heavy atom. The van der Waals surface area contributed by atoms with Crippen molar-refractivity contribution in [3.63, 3.8) is 0 Å². The predicted molar refractivity (Wildman–Crippen MR) is 53.8 cm³/mol. The zero-order valence-corrected chi connectivity index (χ0v) is 9.89. The quantitative estimate of drug-likeness (QED) is 0.840. The minimum Gasteiger partial charge on any atom is -0.544 e. The van der Waals surface area contributed by atoms with Crippen LogP contribution in [0.15, 0.2) is 12.1 Å². The van der Waals surface area contributed by atoms with Crippen molar-refractivity contribution in [2.75, 3.05) is 0 Å². The number of hydrogen-bond donors (Lipinski definition) is 1. The topological polar surface area (TPSA) is 73.2 Å². The summed E-state index contributed by atoms with van der Waals surface area (Å²) in [5.41, 5.74) is -3.49. The summed E-state index contributed by atoms with van der Waals surface area (Å²) in [6, 6.07) is 1.79. The van der Waals surface area contributed by atoms with E-state index in [2.05, 4.69) is 4.98 Å². The number of aromatic nitrogens is 1. The van der Waals surface area contributed by atoms with E-state index in [9.17, 15) is 23.8 Å². The highest BCUT2D eigenvalue weighted by Crippen LogP contribution is 2.38. The van der Waals surface area contributed by atoms with Crippen molar-refractivity contribution >= 4 is 29.2 Å². The molecule has 0 aromatic carbocycles. The molecule has 4 nitrogen and oxygen atoms in total. The summed E-state index contributed by atoms with van der Waals surface area (Å²) in [6.07, 6.45) is 0. The zero-order chi connectivity index (χ0) is 13.4. The van der Waals surface area contributed by atoms with E-state index in [-0.39, 0.29) is 10.3 Å². The average Bonchev–Trinajstić information content (AvgIpc) is 2.15. The van der Waals surface area contributed by atoms with Gasteiger partial charge in [0.05, 0.1) is 0 Å². The molecule has 1 atom stereocenters. The van der Waals surface area contributed by atoms with Crippen LogP contribution in [0, 0.1) is 0 Å². The first-order valence-electron chi connectivity index (χ1n) is 4.24. The smallest absolute Gasteiger partial charge is 0.319 e. The summed E-state index contributed by atoms with van der Waals surface area (Å²) in [5, 5.41) is 19.4. The number of nitrogens with zero attached hydrogens (tertiary/aromatic N) is 1. The largest absolute Gasteiger partial charge is 0.544 e. The van der Waals surface area contributed by atoms with Crippen LogP contribution < -0.4 is 5.11 Å². The fourth-order valence-electron chi connectivity index (χ4n) is 1.13. The molecule has 0 aliphatic carbocycles. The molecular formula is C9H6Cl2F2NO3-. The normalized spacial score (nSPS) is 15.4. The molecular weight excluding hydrogens is 279 g/mol. The molecule has 0 saturated heterocycles. The Morgan fingerprint density at radius 1 is 1.41 bits per heavy atom. The molecule has 1 unspecified atom stereocenters. The van der Waals surface area contributed by atoms with Gasteiger partial charge >= 0.3 is 5.92 Å². The fourth-order valence-corrected chi connectivity index (χ4v) is 1.59. The van der Waals surface area contributed by atoms with E-state index in [0.29, 0.717) is 6.92 Å². The lowest BCUT2D eigenvalue weighted by atomic mass is 9.90. The van der Waals surface area contributed by atoms with Gasteiger partial charge in [-0.1, -0.05) is 23.2 Å². The summed E-state index contributed by atoms with van der Waals surface area (Å²) < 4.78 is 26.5. The first kappa shape index (κ1) is 14.1. The second kappa shape index (κ2) is 4.36. The molecule has 0 spiro atoms. The van der Waals surface area contributed by atoms with Crippen LogP contribution in [0.1, 0.15) is 12.5 Å². The monoisotopic (exact) mass is 284 g/mol. The van der Waals surface area contributed by atoms with E-state index in [1.54, 1.807) is 0 Å². The maximum Gasteiger partial charge on any atom is 0.319 e. The lowest BCUT2D eigenvalue weighted by Crippen LogP contribution is -2.54.